The summed E-state index contributed by atoms with van der Waals surface area (Å²) in [5.74, 6) is 0.809. The van der Waals surface area contributed by atoms with Gasteiger partial charge >= 0.3 is 0 Å². The predicted molar refractivity (Wildman–Crippen MR) is 117 cm³/mol. The number of imidazole rings is 1. The Hall–Kier alpha value is -2.83. The summed E-state index contributed by atoms with van der Waals surface area (Å²) in [5, 5.41) is 5.69. The average molecular weight is 426 g/mol. The number of hydrogen-bond donors (Lipinski definition) is 1. The third-order valence-corrected chi connectivity index (χ3v) is 5.80. The molecule has 1 N–H and O–H groups in total. The van der Waals surface area contributed by atoms with Gasteiger partial charge in [-0.2, -0.15) is 0 Å². The molecule has 5 nitrogen and oxygen atoms in total. The summed E-state index contributed by atoms with van der Waals surface area (Å²) in [4.78, 5) is 17.9. The Balaban J connectivity index is 1.39. The van der Waals surface area contributed by atoms with E-state index in [-0.39, 0.29) is 5.91 Å². The maximum absolute atomic E-state index is 12.4. The zero-order valence-electron chi connectivity index (χ0n) is 15.9. The van der Waals surface area contributed by atoms with Crippen LogP contribution in [-0.2, 0) is 17.6 Å². The molecule has 0 aliphatic carbocycles. The number of thiazole rings is 1. The van der Waals surface area contributed by atoms with E-state index < -0.39 is 0 Å². The number of amides is 1. The molecule has 0 saturated heterocycles. The molecule has 0 radical (unpaired) electrons. The Morgan fingerprint density at radius 1 is 1.17 bits per heavy atom. The van der Waals surface area contributed by atoms with Gasteiger partial charge in [-0.25, -0.2) is 4.98 Å². The highest BCUT2D eigenvalue weighted by Gasteiger charge is 2.12. The fourth-order valence-corrected chi connectivity index (χ4v) is 4.08. The smallest absolute Gasteiger partial charge is 0.225 e. The van der Waals surface area contributed by atoms with Gasteiger partial charge in [-0.3, -0.25) is 9.20 Å². The number of carbonyl (C=O) groups is 1. The van der Waals surface area contributed by atoms with Crippen molar-refractivity contribution in [2.45, 2.75) is 12.8 Å². The average Bonchev–Trinajstić information content (AvgIpc) is 3.32. The summed E-state index contributed by atoms with van der Waals surface area (Å²) in [6, 6.07) is 15.5. The lowest BCUT2D eigenvalue weighted by Crippen LogP contribution is -2.27. The third kappa shape index (κ3) is 4.60. The van der Waals surface area contributed by atoms with Gasteiger partial charge in [0.25, 0.3) is 0 Å². The van der Waals surface area contributed by atoms with Crippen molar-refractivity contribution in [2.75, 3.05) is 13.7 Å². The topological polar surface area (TPSA) is 55.6 Å². The summed E-state index contributed by atoms with van der Waals surface area (Å²) in [6.07, 6.45) is 3.07. The fraction of sp³-hybridized carbons (Fsp3) is 0.182. The lowest BCUT2D eigenvalue weighted by molar-refractivity contribution is -0.120. The molecule has 0 saturated carbocycles. The predicted octanol–water partition coefficient (Wildman–Crippen LogP) is 4.63. The van der Waals surface area contributed by atoms with E-state index in [1.165, 1.54) is 11.3 Å². The zero-order valence-corrected chi connectivity index (χ0v) is 17.5. The monoisotopic (exact) mass is 425 g/mol. The molecule has 2 aromatic heterocycles. The summed E-state index contributed by atoms with van der Waals surface area (Å²) in [7, 11) is 1.65. The van der Waals surface area contributed by atoms with Gasteiger partial charge in [0.15, 0.2) is 4.96 Å². The number of halogens is 1. The molecule has 4 rings (SSSR count). The number of carbonyl (C=O) groups excluding carboxylic acids is 1. The number of nitrogens with zero attached hydrogens (tertiary/aromatic N) is 2. The van der Waals surface area contributed by atoms with Gasteiger partial charge < -0.3 is 10.1 Å². The van der Waals surface area contributed by atoms with Crippen LogP contribution >= 0.6 is 22.9 Å². The number of benzene rings is 2. The third-order valence-electron chi connectivity index (χ3n) is 4.66. The number of nitrogens with one attached hydrogen (secondary N) is 1. The Morgan fingerprint density at radius 3 is 2.66 bits per heavy atom. The fourth-order valence-electron chi connectivity index (χ4n) is 3.08. The van der Waals surface area contributed by atoms with Crippen LogP contribution in [0.5, 0.6) is 5.75 Å². The first-order chi connectivity index (χ1) is 14.1. The molecular weight excluding hydrogens is 406 g/mol. The normalized spacial score (nSPS) is 11.0. The van der Waals surface area contributed by atoms with E-state index in [9.17, 15) is 4.79 Å². The zero-order chi connectivity index (χ0) is 20.2. The molecule has 0 aliphatic rings. The molecule has 4 aromatic rings. The van der Waals surface area contributed by atoms with E-state index >= 15 is 0 Å². The van der Waals surface area contributed by atoms with Crippen molar-refractivity contribution in [1.82, 2.24) is 14.7 Å². The van der Waals surface area contributed by atoms with E-state index in [1.807, 2.05) is 64.5 Å². The van der Waals surface area contributed by atoms with Crippen LogP contribution < -0.4 is 10.1 Å². The SMILES string of the molecule is COc1ccc(-c2cn3c(CC(=O)NCCc4ccc(Cl)cc4)csc3n2)cc1. The van der Waals surface area contributed by atoms with Crippen molar-refractivity contribution in [3.63, 3.8) is 0 Å². The minimum absolute atomic E-state index is 0.00152. The second-order valence-corrected chi connectivity index (χ2v) is 7.91. The first kappa shape index (κ1) is 19.5. The van der Waals surface area contributed by atoms with Crippen LogP contribution in [0.3, 0.4) is 0 Å². The Labute approximate surface area is 177 Å². The lowest BCUT2D eigenvalue weighted by Gasteiger charge is -2.05. The molecule has 2 heterocycles. The second-order valence-electron chi connectivity index (χ2n) is 6.64. The van der Waals surface area contributed by atoms with E-state index in [1.54, 1.807) is 7.11 Å². The number of aromatic nitrogens is 2. The van der Waals surface area contributed by atoms with Gasteiger partial charge in [-0.15, -0.1) is 11.3 Å². The number of methoxy groups -OCH3 is 1. The van der Waals surface area contributed by atoms with Gasteiger partial charge in [0.05, 0.1) is 19.2 Å². The van der Waals surface area contributed by atoms with Gasteiger partial charge in [-0.05, 0) is 48.4 Å². The van der Waals surface area contributed by atoms with E-state index in [0.717, 1.165) is 39.6 Å². The number of rotatable bonds is 7. The van der Waals surface area contributed by atoms with Crippen LogP contribution in [0.15, 0.2) is 60.1 Å². The summed E-state index contributed by atoms with van der Waals surface area (Å²) in [6.45, 7) is 0.592. The highest BCUT2D eigenvalue weighted by molar-refractivity contribution is 7.15. The molecule has 0 unspecified atom stereocenters. The van der Waals surface area contributed by atoms with E-state index in [2.05, 4.69) is 10.3 Å². The summed E-state index contributed by atoms with van der Waals surface area (Å²) >= 11 is 7.43. The van der Waals surface area contributed by atoms with Gasteiger partial charge in [0.1, 0.15) is 5.75 Å². The van der Waals surface area contributed by atoms with E-state index in [4.69, 9.17) is 16.3 Å². The molecule has 0 bridgehead atoms. The van der Waals surface area contributed by atoms with E-state index in [0.29, 0.717) is 18.0 Å². The van der Waals surface area contributed by atoms with Gasteiger partial charge in [0, 0.05) is 34.4 Å². The Kier molecular flexibility index (Phi) is 5.83. The van der Waals surface area contributed by atoms with Gasteiger partial charge in [-0.1, -0.05) is 23.7 Å². The molecule has 2 aromatic carbocycles. The Bertz CT molecular complexity index is 1120. The lowest BCUT2D eigenvalue weighted by atomic mass is 10.1. The van der Waals surface area contributed by atoms with Crippen LogP contribution in [-0.4, -0.2) is 28.9 Å². The molecule has 7 heteroatoms. The van der Waals surface area contributed by atoms with Gasteiger partial charge in [0.2, 0.25) is 5.91 Å². The largest absolute Gasteiger partial charge is 0.497 e. The minimum Gasteiger partial charge on any atom is -0.497 e. The first-order valence-corrected chi connectivity index (χ1v) is 10.5. The highest BCUT2D eigenvalue weighted by atomic mass is 35.5. The standard InChI is InChI=1S/C22H20ClN3O2S/c1-28-19-8-4-16(5-9-19)20-13-26-18(14-29-22(26)25-20)12-21(27)24-11-10-15-2-6-17(23)7-3-15/h2-9,13-14H,10-12H2,1H3,(H,24,27). The minimum atomic E-state index is -0.00152. The maximum Gasteiger partial charge on any atom is 0.225 e. The first-order valence-electron chi connectivity index (χ1n) is 9.23. The maximum atomic E-state index is 12.4. The second kappa shape index (κ2) is 8.68. The molecule has 0 spiro atoms. The van der Waals surface area contributed by atoms with Crippen molar-refractivity contribution < 1.29 is 9.53 Å². The quantitative estimate of drug-likeness (QED) is 0.469. The van der Waals surface area contributed by atoms with Crippen LogP contribution in [0.2, 0.25) is 5.02 Å². The van der Waals surface area contributed by atoms with Crippen molar-refractivity contribution in [3.05, 3.63) is 76.4 Å². The van der Waals surface area contributed by atoms with Crippen molar-refractivity contribution in [1.29, 1.82) is 0 Å². The van der Waals surface area contributed by atoms with Crippen LogP contribution in [0.4, 0.5) is 0 Å². The molecular formula is C22H20ClN3O2S. The number of fused-ring (bicyclic) bond motifs is 1. The highest BCUT2D eigenvalue weighted by Crippen LogP contribution is 2.25. The van der Waals surface area contributed by atoms with Crippen molar-refractivity contribution >= 4 is 33.8 Å². The Morgan fingerprint density at radius 2 is 1.93 bits per heavy atom. The van der Waals surface area contributed by atoms with Crippen LogP contribution in [0.1, 0.15) is 11.3 Å². The molecule has 148 valence electrons. The number of hydrogen-bond acceptors (Lipinski definition) is 4. The number of ether oxygens (including phenoxy) is 1. The van der Waals surface area contributed by atoms with Crippen molar-refractivity contribution in [2.24, 2.45) is 0 Å². The van der Waals surface area contributed by atoms with Crippen LogP contribution in [0.25, 0.3) is 16.2 Å². The summed E-state index contributed by atoms with van der Waals surface area (Å²) < 4.78 is 7.19. The molecule has 29 heavy (non-hydrogen) atoms. The molecule has 0 fully saturated rings. The molecule has 1 amide bonds. The molecule has 0 aliphatic heterocycles. The molecule has 0 atom stereocenters. The summed E-state index contributed by atoms with van der Waals surface area (Å²) in [5.41, 5.74) is 3.97. The van der Waals surface area contributed by atoms with Crippen molar-refractivity contribution in [3.8, 4) is 17.0 Å². The van der Waals surface area contributed by atoms with Crippen LogP contribution in [0, 0.1) is 0 Å².